The molecule has 0 radical (unpaired) electrons. The first kappa shape index (κ1) is 20.3. The Kier molecular flexibility index (Phi) is 6.98. The van der Waals surface area contributed by atoms with Crippen molar-refractivity contribution in [2.75, 3.05) is 19.7 Å². The van der Waals surface area contributed by atoms with Gasteiger partial charge < -0.3 is 9.84 Å². The molecule has 0 aliphatic carbocycles. The Hall–Kier alpha value is -2.47. The predicted octanol–water partition coefficient (Wildman–Crippen LogP) is 4.27. The minimum Gasteiger partial charge on any atom is -0.482 e. The maximum absolute atomic E-state index is 13.8. The van der Waals surface area contributed by atoms with Crippen molar-refractivity contribution in [1.29, 1.82) is 0 Å². The minimum atomic E-state index is -0.998. The lowest BCUT2D eigenvalue weighted by molar-refractivity contribution is -0.139. The summed E-state index contributed by atoms with van der Waals surface area (Å²) in [4.78, 5) is 13.0. The van der Waals surface area contributed by atoms with Gasteiger partial charge in [-0.15, -0.1) is 0 Å². The molecule has 1 N–H and O–H groups in total. The van der Waals surface area contributed by atoms with E-state index in [0.29, 0.717) is 23.7 Å². The van der Waals surface area contributed by atoms with Gasteiger partial charge in [0, 0.05) is 19.2 Å². The number of aliphatic carboxylic acids is 1. The van der Waals surface area contributed by atoms with Crippen molar-refractivity contribution in [3.63, 3.8) is 0 Å². The van der Waals surface area contributed by atoms with Crippen LogP contribution in [-0.4, -0.2) is 35.7 Å². The Morgan fingerprint density at radius 2 is 2.07 bits per heavy atom. The molecule has 1 saturated heterocycles. The van der Waals surface area contributed by atoms with Crippen molar-refractivity contribution < 1.29 is 23.4 Å². The van der Waals surface area contributed by atoms with Gasteiger partial charge in [-0.3, -0.25) is 4.90 Å². The van der Waals surface area contributed by atoms with E-state index < -0.39 is 17.6 Å². The Labute approximate surface area is 163 Å². The van der Waals surface area contributed by atoms with Gasteiger partial charge in [-0.25, -0.2) is 13.6 Å². The fourth-order valence-electron chi connectivity index (χ4n) is 3.75. The molecule has 0 amide bonds. The van der Waals surface area contributed by atoms with E-state index in [1.165, 1.54) is 12.1 Å². The number of carboxylic acids is 1. The lowest BCUT2D eigenvalue weighted by atomic mass is 9.91. The Morgan fingerprint density at radius 3 is 2.86 bits per heavy atom. The molecule has 0 aromatic heterocycles. The van der Waals surface area contributed by atoms with Crippen LogP contribution in [0.4, 0.5) is 8.78 Å². The summed E-state index contributed by atoms with van der Waals surface area (Å²) in [6, 6.07) is 11.3. The molecule has 2 aromatic carbocycles. The third-order valence-corrected chi connectivity index (χ3v) is 5.11. The topological polar surface area (TPSA) is 49.8 Å². The molecule has 4 nitrogen and oxygen atoms in total. The summed E-state index contributed by atoms with van der Waals surface area (Å²) in [7, 11) is 0. The normalized spacial score (nSPS) is 17.4. The highest BCUT2D eigenvalue weighted by molar-refractivity contribution is 5.68. The second kappa shape index (κ2) is 9.64. The summed E-state index contributed by atoms with van der Waals surface area (Å²) in [5.41, 5.74) is 1.65. The third-order valence-electron chi connectivity index (χ3n) is 5.11. The molecule has 28 heavy (non-hydrogen) atoms. The second-order valence-corrected chi connectivity index (χ2v) is 7.35. The summed E-state index contributed by atoms with van der Waals surface area (Å²) in [6.45, 7) is 2.35. The van der Waals surface area contributed by atoms with Crippen molar-refractivity contribution in [3.05, 3.63) is 65.2 Å². The number of piperidine rings is 1. The highest BCUT2D eigenvalue weighted by Crippen LogP contribution is 2.24. The lowest BCUT2D eigenvalue weighted by Crippen LogP contribution is -2.35. The number of hydrogen-bond donors (Lipinski definition) is 1. The average molecular weight is 389 g/mol. The fourth-order valence-corrected chi connectivity index (χ4v) is 3.75. The molecule has 3 rings (SSSR count). The van der Waals surface area contributed by atoms with Crippen LogP contribution in [0.25, 0.3) is 0 Å². The van der Waals surface area contributed by atoms with Gasteiger partial charge in [0.1, 0.15) is 17.4 Å². The molecule has 0 saturated carbocycles. The van der Waals surface area contributed by atoms with E-state index in [9.17, 15) is 13.6 Å². The zero-order valence-electron chi connectivity index (χ0n) is 15.7. The number of hydrogen-bond acceptors (Lipinski definition) is 3. The van der Waals surface area contributed by atoms with Crippen molar-refractivity contribution in [1.82, 2.24) is 4.90 Å². The van der Waals surface area contributed by atoms with Crippen molar-refractivity contribution >= 4 is 5.97 Å². The van der Waals surface area contributed by atoms with E-state index >= 15 is 0 Å². The first-order chi connectivity index (χ1) is 13.5. The molecule has 1 aliphatic heterocycles. The Bertz CT molecular complexity index is 812. The van der Waals surface area contributed by atoms with Crippen LogP contribution in [0.5, 0.6) is 5.75 Å². The Balaban J connectivity index is 1.52. The number of aryl methyl sites for hydroxylation is 1. The molecular weight excluding hydrogens is 364 g/mol. The number of nitrogens with zero attached hydrogens (tertiary/aromatic N) is 1. The average Bonchev–Trinajstić information content (AvgIpc) is 2.66. The lowest BCUT2D eigenvalue weighted by Gasteiger charge is -2.33. The van der Waals surface area contributed by atoms with Gasteiger partial charge in [0.25, 0.3) is 0 Å². The third kappa shape index (κ3) is 6.02. The number of rotatable bonds is 8. The van der Waals surface area contributed by atoms with Crippen molar-refractivity contribution in [2.45, 2.75) is 32.2 Å². The highest BCUT2D eigenvalue weighted by atomic mass is 19.1. The molecule has 1 heterocycles. The van der Waals surface area contributed by atoms with E-state index in [1.807, 2.05) is 18.2 Å². The number of likely N-dealkylation sites (tertiary alicyclic amines) is 1. The smallest absolute Gasteiger partial charge is 0.341 e. The number of carboxylic acid groups (broad SMARTS) is 1. The molecule has 150 valence electrons. The van der Waals surface area contributed by atoms with Gasteiger partial charge in [-0.1, -0.05) is 18.2 Å². The van der Waals surface area contributed by atoms with Crippen molar-refractivity contribution in [3.8, 4) is 5.75 Å². The standard InChI is InChI=1S/C22H25F2NO3/c23-19-9-8-18(21(24)12-19)7-6-16-4-2-10-25(13-16)14-17-3-1-5-20(11-17)28-15-22(26)27/h1,3,5,8-9,11-12,16H,2,4,6-7,10,13-15H2,(H,26,27). The largest absolute Gasteiger partial charge is 0.482 e. The molecular formula is C22H25F2NO3. The Morgan fingerprint density at radius 1 is 1.21 bits per heavy atom. The van der Waals surface area contributed by atoms with E-state index in [2.05, 4.69) is 4.90 Å². The number of halogens is 2. The molecule has 0 bridgehead atoms. The molecule has 1 unspecified atom stereocenters. The first-order valence-electron chi connectivity index (χ1n) is 9.59. The van der Waals surface area contributed by atoms with Gasteiger partial charge in [-0.05, 0) is 67.5 Å². The number of benzene rings is 2. The van der Waals surface area contributed by atoms with Gasteiger partial charge in [0.2, 0.25) is 0 Å². The SMILES string of the molecule is O=C(O)COc1cccc(CN2CCCC(CCc3ccc(F)cc3F)C2)c1. The maximum atomic E-state index is 13.8. The second-order valence-electron chi connectivity index (χ2n) is 7.35. The molecule has 1 fully saturated rings. The summed E-state index contributed by atoms with van der Waals surface area (Å²) < 4.78 is 32.1. The summed E-state index contributed by atoms with van der Waals surface area (Å²) >= 11 is 0. The molecule has 6 heteroatoms. The van der Waals surface area contributed by atoms with Crippen LogP contribution in [0.3, 0.4) is 0 Å². The summed E-state index contributed by atoms with van der Waals surface area (Å²) in [6.07, 6.45) is 3.69. The van der Waals surface area contributed by atoms with Crippen LogP contribution >= 0.6 is 0 Å². The minimum absolute atomic E-state index is 0.352. The number of ether oxygens (including phenoxy) is 1. The molecule has 2 aromatic rings. The van der Waals surface area contributed by atoms with E-state index in [-0.39, 0.29) is 6.61 Å². The van der Waals surface area contributed by atoms with Crippen LogP contribution in [0, 0.1) is 17.6 Å². The van der Waals surface area contributed by atoms with Crippen LogP contribution in [0.1, 0.15) is 30.4 Å². The van der Waals surface area contributed by atoms with Crippen LogP contribution in [0.15, 0.2) is 42.5 Å². The molecule has 1 aliphatic rings. The summed E-state index contributed by atoms with van der Waals surface area (Å²) in [5.74, 6) is -0.975. The predicted molar refractivity (Wildman–Crippen MR) is 102 cm³/mol. The van der Waals surface area contributed by atoms with Gasteiger partial charge in [-0.2, -0.15) is 0 Å². The summed E-state index contributed by atoms with van der Waals surface area (Å²) in [5, 5.41) is 8.72. The quantitative estimate of drug-likeness (QED) is 0.732. The fraction of sp³-hybridized carbons (Fsp3) is 0.409. The van der Waals surface area contributed by atoms with Gasteiger partial charge in [0.15, 0.2) is 6.61 Å². The van der Waals surface area contributed by atoms with Crippen LogP contribution in [-0.2, 0) is 17.8 Å². The van der Waals surface area contributed by atoms with Gasteiger partial charge in [0.05, 0.1) is 0 Å². The van der Waals surface area contributed by atoms with Crippen molar-refractivity contribution in [2.24, 2.45) is 5.92 Å². The molecule has 1 atom stereocenters. The molecule has 0 spiro atoms. The zero-order valence-corrected chi connectivity index (χ0v) is 15.7. The van der Waals surface area contributed by atoms with Crippen LogP contribution < -0.4 is 4.74 Å². The van der Waals surface area contributed by atoms with Crippen LogP contribution in [0.2, 0.25) is 0 Å². The highest BCUT2D eigenvalue weighted by Gasteiger charge is 2.20. The maximum Gasteiger partial charge on any atom is 0.341 e. The van der Waals surface area contributed by atoms with E-state index in [0.717, 1.165) is 50.5 Å². The monoisotopic (exact) mass is 389 g/mol. The number of carbonyl (C=O) groups is 1. The van der Waals surface area contributed by atoms with E-state index in [1.54, 1.807) is 6.07 Å². The zero-order chi connectivity index (χ0) is 19.9. The van der Waals surface area contributed by atoms with E-state index in [4.69, 9.17) is 9.84 Å². The first-order valence-corrected chi connectivity index (χ1v) is 9.59. The van der Waals surface area contributed by atoms with Gasteiger partial charge >= 0.3 is 5.97 Å².